The maximum absolute atomic E-state index is 13.3. The Bertz CT molecular complexity index is 570. The standard InChI is InChI=1S/C14H16F3S.ClH/c1-4-10-5-6-11-8-12(9(2)3)18(13(11)7-10)14(15,16)17;/h5-9H,4H2,1-3H3;1H/q+1;/p-1. The van der Waals surface area contributed by atoms with Crippen molar-refractivity contribution in [1.82, 2.24) is 0 Å². The van der Waals surface area contributed by atoms with Crippen LogP contribution in [0.3, 0.4) is 0 Å². The molecule has 1 atom stereocenters. The second-order valence-electron chi connectivity index (χ2n) is 4.68. The van der Waals surface area contributed by atoms with E-state index in [1.54, 1.807) is 12.1 Å². The molecule has 0 spiro atoms. The van der Waals surface area contributed by atoms with E-state index in [1.165, 1.54) is 0 Å². The van der Waals surface area contributed by atoms with E-state index < -0.39 is 16.0 Å². The topological polar surface area (TPSA) is 0 Å². The highest BCUT2D eigenvalue weighted by molar-refractivity contribution is 7.38. The van der Waals surface area contributed by atoms with Crippen LogP contribution in [-0.4, -0.2) is 0 Å². The van der Waals surface area contributed by atoms with Gasteiger partial charge in [0.05, 0.1) is 10.5 Å². The summed E-state index contributed by atoms with van der Waals surface area (Å²) in [6, 6.07) is 7.17. The Hall–Kier alpha value is -0.740. The first-order valence-electron chi connectivity index (χ1n) is 6.00. The van der Waals surface area contributed by atoms with E-state index in [0.717, 1.165) is 17.4 Å². The lowest BCUT2D eigenvalue weighted by Crippen LogP contribution is -3.00. The van der Waals surface area contributed by atoms with Crippen molar-refractivity contribution in [2.24, 2.45) is 0 Å². The fourth-order valence-corrected chi connectivity index (χ4v) is 4.21. The van der Waals surface area contributed by atoms with Gasteiger partial charge in [0.2, 0.25) is 0 Å². The zero-order valence-electron chi connectivity index (χ0n) is 11.0. The Morgan fingerprint density at radius 1 is 1.16 bits per heavy atom. The zero-order valence-corrected chi connectivity index (χ0v) is 12.6. The Kier molecular flexibility index (Phi) is 4.91. The molecule has 2 aromatic rings. The second-order valence-corrected chi connectivity index (χ2v) is 6.67. The Morgan fingerprint density at radius 2 is 1.79 bits per heavy atom. The Balaban J connectivity index is 0.00000180. The lowest BCUT2D eigenvalue weighted by molar-refractivity contribution is -0.0868. The van der Waals surface area contributed by atoms with Crippen LogP contribution < -0.4 is 12.4 Å². The van der Waals surface area contributed by atoms with Crippen LogP contribution in [0, 0.1) is 0 Å². The van der Waals surface area contributed by atoms with Crippen LogP contribution in [-0.2, 0) is 11.9 Å². The number of hydrogen-bond donors (Lipinski definition) is 0. The fourth-order valence-electron chi connectivity index (χ4n) is 2.09. The van der Waals surface area contributed by atoms with Gasteiger partial charge in [0.25, 0.3) is 0 Å². The van der Waals surface area contributed by atoms with E-state index in [2.05, 4.69) is 0 Å². The molecule has 1 aromatic carbocycles. The van der Waals surface area contributed by atoms with Gasteiger partial charge >= 0.3 is 5.51 Å². The lowest BCUT2D eigenvalue weighted by Gasteiger charge is -2.02. The summed E-state index contributed by atoms with van der Waals surface area (Å²) in [6.07, 6.45) is 0.763. The van der Waals surface area contributed by atoms with Gasteiger partial charge in [0.1, 0.15) is 0 Å². The molecule has 0 aliphatic carbocycles. The minimum absolute atomic E-state index is 0. The van der Waals surface area contributed by atoms with Gasteiger partial charge in [-0.25, -0.2) is 0 Å². The van der Waals surface area contributed by atoms with E-state index in [-0.39, 0.29) is 18.3 Å². The van der Waals surface area contributed by atoms with Gasteiger partial charge < -0.3 is 12.4 Å². The van der Waals surface area contributed by atoms with Gasteiger partial charge in [0.15, 0.2) is 9.58 Å². The van der Waals surface area contributed by atoms with Crippen molar-refractivity contribution < 1.29 is 25.6 Å². The van der Waals surface area contributed by atoms with Crippen molar-refractivity contribution in [3.63, 3.8) is 0 Å². The Morgan fingerprint density at radius 3 is 2.26 bits per heavy atom. The van der Waals surface area contributed by atoms with Gasteiger partial charge in [0, 0.05) is 23.4 Å². The van der Waals surface area contributed by atoms with Crippen molar-refractivity contribution in [3.05, 3.63) is 34.7 Å². The SMILES string of the molecule is CCc1ccc2cc(C(C)C)[s+](C(F)(F)F)c2c1.[Cl-]. The maximum atomic E-state index is 13.3. The maximum Gasteiger partial charge on any atom is 0.600 e. The van der Waals surface area contributed by atoms with E-state index >= 15 is 0 Å². The summed E-state index contributed by atoms with van der Waals surface area (Å²) in [5.41, 5.74) is -3.21. The molecular formula is C14H16ClF3S. The van der Waals surface area contributed by atoms with Gasteiger partial charge in [-0.2, -0.15) is 0 Å². The van der Waals surface area contributed by atoms with E-state index in [0.29, 0.717) is 9.58 Å². The van der Waals surface area contributed by atoms with Crippen molar-refractivity contribution in [3.8, 4) is 0 Å². The predicted octanol–water partition coefficient (Wildman–Crippen LogP) is 2.76. The Labute approximate surface area is 120 Å². The quantitative estimate of drug-likeness (QED) is 0.749. The van der Waals surface area contributed by atoms with E-state index in [1.807, 2.05) is 32.9 Å². The molecule has 0 saturated carbocycles. The molecule has 5 heteroatoms. The molecule has 106 valence electrons. The minimum Gasteiger partial charge on any atom is -1.00 e. The summed E-state index contributed by atoms with van der Waals surface area (Å²) in [5.74, 6) is -0.0764. The third-order valence-electron chi connectivity index (χ3n) is 3.04. The summed E-state index contributed by atoms with van der Waals surface area (Å²) in [6.45, 7) is 5.60. The highest BCUT2D eigenvalue weighted by atomic mass is 35.5. The van der Waals surface area contributed by atoms with Crippen molar-refractivity contribution in [1.29, 1.82) is 0 Å². The van der Waals surface area contributed by atoms with Crippen molar-refractivity contribution >= 4 is 20.6 Å². The number of fused-ring (bicyclic) bond motifs is 1. The lowest BCUT2D eigenvalue weighted by atomic mass is 10.1. The molecule has 0 nitrogen and oxygen atoms in total. The number of alkyl halides is 3. The largest absolute Gasteiger partial charge is 1.00 e. The molecule has 0 radical (unpaired) electrons. The van der Waals surface area contributed by atoms with Gasteiger partial charge in [-0.3, -0.25) is 0 Å². The molecule has 1 heterocycles. The summed E-state index contributed by atoms with van der Waals surface area (Å²) in [4.78, 5) is 0.505. The average molecular weight is 309 g/mol. The third kappa shape index (κ3) is 3.06. The molecule has 2 rings (SSSR count). The predicted molar refractivity (Wildman–Crippen MR) is 71.2 cm³/mol. The van der Waals surface area contributed by atoms with E-state index in [9.17, 15) is 13.2 Å². The highest BCUT2D eigenvalue weighted by Gasteiger charge is 2.48. The number of halogens is 4. The van der Waals surface area contributed by atoms with E-state index in [4.69, 9.17) is 0 Å². The minimum atomic E-state index is -4.17. The van der Waals surface area contributed by atoms with Crippen LogP contribution in [0.15, 0.2) is 24.3 Å². The number of rotatable bonds is 2. The first-order chi connectivity index (χ1) is 8.34. The summed E-state index contributed by atoms with van der Waals surface area (Å²) >= 11 is 0. The van der Waals surface area contributed by atoms with Crippen LogP contribution in [0.4, 0.5) is 13.2 Å². The summed E-state index contributed by atoms with van der Waals surface area (Å²) in [5, 5.41) is 0.733. The molecule has 0 fully saturated rings. The molecule has 1 aromatic heterocycles. The summed E-state index contributed by atoms with van der Waals surface area (Å²) in [7, 11) is -1.74. The molecule has 0 aliphatic heterocycles. The molecule has 0 amide bonds. The fraction of sp³-hybridized carbons (Fsp3) is 0.429. The smallest absolute Gasteiger partial charge is 0.600 e. The normalized spacial score (nSPS) is 12.9. The number of aryl methyl sites for hydroxylation is 1. The van der Waals surface area contributed by atoms with Crippen LogP contribution >= 0.6 is 10.5 Å². The molecule has 0 bridgehead atoms. The first-order valence-corrected chi connectivity index (χ1v) is 7.22. The molecular weight excluding hydrogens is 293 g/mol. The van der Waals surface area contributed by atoms with Crippen LogP contribution in [0.1, 0.15) is 37.1 Å². The van der Waals surface area contributed by atoms with Gasteiger partial charge in [-0.05, 0) is 18.1 Å². The number of hydrogen-bond acceptors (Lipinski definition) is 0. The van der Waals surface area contributed by atoms with Gasteiger partial charge in [-0.1, -0.05) is 26.8 Å². The van der Waals surface area contributed by atoms with Gasteiger partial charge in [-0.15, -0.1) is 13.2 Å². The van der Waals surface area contributed by atoms with Crippen LogP contribution in [0.5, 0.6) is 0 Å². The molecule has 0 N–H and O–H groups in total. The molecule has 0 aliphatic rings. The summed E-state index contributed by atoms with van der Waals surface area (Å²) < 4.78 is 40.2. The molecule has 0 saturated heterocycles. The number of benzene rings is 1. The highest BCUT2D eigenvalue weighted by Crippen LogP contribution is 2.53. The monoisotopic (exact) mass is 308 g/mol. The van der Waals surface area contributed by atoms with Crippen molar-refractivity contribution in [2.45, 2.75) is 38.6 Å². The molecule has 1 unspecified atom stereocenters. The van der Waals surface area contributed by atoms with Crippen LogP contribution in [0.2, 0.25) is 0 Å². The zero-order chi connectivity index (χ0) is 13.5. The number of thiophene rings is 1. The molecule has 19 heavy (non-hydrogen) atoms. The second kappa shape index (κ2) is 5.71. The van der Waals surface area contributed by atoms with Crippen molar-refractivity contribution in [2.75, 3.05) is 0 Å². The average Bonchev–Trinajstić information content (AvgIpc) is 2.66. The first kappa shape index (κ1) is 16.3. The van der Waals surface area contributed by atoms with Crippen LogP contribution in [0.25, 0.3) is 10.1 Å². The third-order valence-corrected chi connectivity index (χ3v) is 5.36.